The van der Waals surface area contributed by atoms with Gasteiger partial charge in [0.05, 0.1) is 6.61 Å². The van der Waals surface area contributed by atoms with Crippen molar-refractivity contribution in [3.05, 3.63) is 59.0 Å². The van der Waals surface area contributed by atoms with Crippen molar-refractivity contribution in [3.63, 3.8) is 0 Å². The van der Waals surface area contributed by atoms with Gasteiger partial charge in [0.2, 0.25) is 0 Å². The van der Waals surface area contributed by atoms with Crippen LogP contribution in [0.4, 0.5) is 4.39 Å². The van der Waals surface area contributed by atoms with Crippen LogP contribution in [0.15, 0.2) is 36.5 Å². The van der Waals surface area contributed by atoms with Gasteiger partial charge in [-0.05, 0) is 36.5 Å². The average Bonchev–Trinajstić information content (AvgIpc) is 2.50. The maximum absolute atomic E-state index is 14.1. The summed E-state index contributed by atoms with van der Waals surface area (Å²) in [5, 5.41) is 9.08. The molecular weight excluding hydrogens is 257 g/mol. The van der Waals surface area contributed by atoms with Crippen LogP contribution in [-0.2, 0) is 13.0 Å². The monoisotopic (exact) mass is 273 g/mol. The Kier molecular flexibility index (Phi) is 3.65. The van der Waals surface area contributed by atoms with Crippen LogP contribution in [0.2, 0.25) is 0 Å². The Bertz CT molecular complexity index is 615. The second-order valence-electron chi connectivity index (χ2n) is 4.94. The van der Waals surface area contributed by atoms with Crippen LogP contribution in [0.1, 0.15) is 35.6 Å². The lowest BCUT2D eigenvalue weighted by molar-refractivity contribution is 0.165. The highest BCUT2D eigenvalue weighted by atomic mass is 19.1. The van der Waals surface area contributed by atoms with Gasteiger partial charge in [0.25, 0.3) is 5.88 Å². The predicted molar refractivity (Wildman–Crippen MR) is 72.9 cm³/mol. The third kappa shape index (κ3) is 2.39. The zero-order valence-electron chi connectivity index (χ0n) is 11.1. The highest BCUT2D eigenvalue weighted by Crippen LogP contribution is 2.33. The number of nitrogens with zero attached hydrogens (tertiary/aromatic N) is 1. The van der Waals surface area contributed by atoms with Gasteiger partial charge in [0, 0.05) is 11.8 Å². The molecule has 1 unspecified atom stereocenters. The van der Waals surface area contributed by atoms with Crippen molar-refractivity contribution in [3.8, 4) is 5.88 Å². The number of rotatable bonds is 3. The van der Waals surface area contributed by atoms with Gasteiger partial charge in [-0.25, -0.2) is 9.37 Å². The molecular formula is C16H16FNO2. The van der Waals surface area contributed by atoms with Gasteiger partial charge < -0.3 is 9.84 Å². The summed E-state index contributed by atoms with van der Waals surface area (Å²) in [6, 6.07) is 9.53. The first-order chi connectivity index (χ1) is 9.79. The summed E-state index contributed by atoms with van der Waals surface area (Å²) < 4.78 is 19.8. The first-order valence-corrected chi connectivity index (χ1v) is 6.78. The molecule has 2 aromatic rings. The number of fused-ring (bicyclic) bond motifs is 1. The molecule has 1 aromatic carbocycles. The molecule has 104 valence electrons. The smallest absolute Gasteiger partial charge is 0.251 e. The van der Waals surface area contributed by atoms with E-state index in [1.165, 1.54) is 17.8 Å². The van der Waals surface area contributed by atoms with Crippen molar-refractivity contribution in [2.45, 2.75) is 32.0 Å². The van der Waals surface area contributed by atoms with E-state index < -0.39 is 5.82 Å². The molecule has 0 bridgehead atoms. The number of ether oxygens (including phenoxy) is 1. The summed E-state index contributed by atoms with van der Waals surface area (Å²) >= 11 is 0. The number of hydrogen-bond acceptors (Lipinski definition) is 3. The fourth-order valence-electron chi connectivity index (χ4n) is 2.63. The lowest BCUT2D eigenvalue weighted by Crippen LogP contribution is -2.16. The predicted octanol–water partition coefficient (Wildman–Crippen LogP) is 3.17. The van der Waals surface area contributed by atoms with Crippen LogP contribution in [0.3, 0.4) is 0 Å². The van der Waals surface area contributed by atoms with E-state index >= 15 is 0 Å². The molecule has 1 aliphatic rings. The first kappa shape index (κ1) is 13.1. The number of aromatic nitrogens is 1. The van der Waals surface area contributed by atoms with E-state index in [9.17, 15) is 4.39 Å². The van der Waals surface area contributed by atoms with Gasteiger partial charge in [-0.3, -0.25) is 0 Å². The van der Waals surface area contributed by atoms with E-state index in [0.717, 1.165) is 24.8 Å². The van der Waals surface area contributed by atoms with Crippen LogP contribution in [0, 0.1) is 5.82 Å². The molecule has 0 radical (unpaired) electrons. The van der Waals surface area contributed by atoms with Gasteiger partial charge in [0.1, 0.15) is 6.10 Å². The molecule has 1 heterocycles. The summed E-state index contributed by atoms with van der Waals surface area (Å²) in [4.78, 5) is 3.95. The molecule has 1 aromatic heterocycles. The zero-order valence-corrected chi connectivity index (χ0v) is 11.1. The van der Waals surface area contributed by atoms with E-state index in [1.807, 2.05) is 18.2 Å². The molecule has 3 nitrogen and oxygen atoms in total. The molecule has 4 heteroatoms. The SMILES string of the molecule is OCc1ccnc(OC2CCCc3ccccc32)c1F. The highest BCUT2D eigenvalue weighted by molar-refractivity contribution is 5.32. The van der Waals surface area contributed by atoms with Gasteiger partial charge in [0.15, 0.2) is 5.82 Å². The van der Waals surface area contributed by atoms with Gasteiger partial charge >= 0.3 is 0 Å². The topological polar surface area (TPSA) is 42.4 Å². The van der Waals surface area contributed by atoms with Gasteiger partial charge in [-0.1, -0.05) is 24.3 Å². The largest absolute Gasteiger partial charge is 0.467 e. The fraction of sp³-hybridized carbons (Fsp3) is 0.312. The van der Waals surface area contributed by atoms with E-state index in [-0.39, 0.29) is 24.2 Å². The van der Waals surface area contributed by atoms with Crippen molar-refractivity contribution in [1.82, 2.24) is 4.98 Å². The lowest BCUT2D eigenvalue weighted by atomic mass is 9.89. The molecule has 0 fully saturated rings. The number of aliphatic hydroxyl groups excluding tert-OH is 1. The second kappa shape index (κ2) is 5.59. The van der Waals surface area contributed by atoms with Crippen LogP contribution in [0.5, 0.6) is 5.88 Å². The summed E-state index contributed by atoms with van der Waals surface area (Å²) in [5.41, 5.74) is 2.57. The number of aryl methyl sites for hydroxylation is 1. The van der Waals surface area contributed by atoms with Crippen molar-refractivity contribution in [2.75, 3.05) is 0 Å². The van der Waals surface area contributed by atoms with Crippen molar-refractivity contribution >= 4 is 0 Å². The Morgan fingerprint density at radius 1 is 1.30 bits per heavy atom. The second-order valence-corrected chi connectivity index (χ2v) is 4.94. The molecule has 0 saturated carbocycles. The number of halogens is 1. The third-order valence-corrected chi connectivity index (χ3v) is 3.68. The summed E-state index contributed by atoms with van der Waals surface area (Å²) in [6.07, 6.45) is 4.18. The minimum atomic E-state index is -0.571. The summed E-state index contributed by atoms with van der Waals surface area (Å²) in [6.45, 7) is -0.355. The van der Waals surface area contributed by atoms with Crippen LogP contribution < -0.4 is 4.74 Å². The molecule has 20 heavy (non-hydrogen) atoms. The minimum Gasteiger partial charge on any atom is -0.467 e. The highest BCUT2D eigenvalue weighted by Gasteiger charge is 2.23. The Balaban J connectivity index is 1.90. The third-order valence-electron chi connectivity index (χ3n) is 3.68. The minimum absolute atomic E-state index is 0.0294. The van der Waals surface area contributed by atoms with Crippen molar-refractivity contribution < 1.29 is 14.2 Å². The van der Waals surface area contributed by atoms with Gasteiger partial charge in [-0.2, -0.15) is 0 Å². The molecule has 1 N–H and O–H groups in total. The number of pyridine rings is 1. The van der Waals surface area contributed by atoms with Gasteiger partial charge in [-0.15, -0.1) is 0 Å². The maximum atomic E-state index is 14.1. The average molecular weight is 273 g/mol. The van der Waals surface area contributed by atoms with Crippen molar-refractivity contribution in [1.29, 1.82) is 0 Å². The zero-order chi connectivity index (χ0) is 13.9. The van der Waals surface area contributed by atoms with Crippen LogP contribution >= 0.6 is 0 Å². The number of benzene rings is 1. The summed E-state index contributed by atoms with van der Waals surface area (Å²) in [5.74, 6) is -0.601. The number of aliphatic hydroxyl groups is 1. The fourth-order valence-corrected chi connectivity index (χ4v) is 2.63. The quantitative estimate of drug-likeness (QED) is 0.934. The molecule has 3 rings (SSSR count). The molecule has 0 saturated heterocycles. The molecule has 0 amide bonds. The molecule has 1 atom stereocenters. The van der Waals surface area contributed by atoms with Crippen LogP contribution in [-0.4, -0.2) is 10.1 Å². The maximum Gasteiger partial charge on any atom is 0.251 e. The van der Waals surface area contributed by atoms with E-state index in [4.69, 9.17) is 9.84 Å². The van der Waals surface area contributed by atoms with E-state index in [0.29, 0.717) is 0 Å². The molecule has 0 spiro atoms. The van der Waals surface area contributed by atoms with E-state index in [2.05, 4.69) is 11.1 Å². The van der Waals surface area contributed by atoms with Crippen molar-refractivity contribution in [2.24, 2.45) is 0 Å². The summed E-state index contributed by atoms with van der Waals surface area (Å²) in [7, 11) is 0. The lowest BCUT2D eigenvalue weighted by Gasteiger charge is -2.26. The molecule has 1 aliphatic carbocycles. The normalized spacial score (nSPS) is 17.6. The Morgan fingerprint density at radius 3 is 3.00 bits per heavy atom. The first-order valence-electron chi connectivity index (χ1n) is 6.78. The molecule has 0 aliphatic heterocycles. The Labute approximate surface area is 117 Å². The Morgan fingerprint density at radius 2 is 2.15 bits per heavy atom. The standard InChI is InChI=1S/C16H16FNO2/c17-15-12(10-19)8-9-18-16(15)20-14-7-3-5-11-4-1-2-6-13(11)14/h1-2,4,6,8-9,14,19H,3,5,7,10H2. The van der Waals surface area contributed by atoms with E-state index in [1.54, 1.807) is 0 Å². The number of hydrogen-bond donors (Lipinski definition) is 1. The van der Waals surface area contributed by atoms with Crippen LogP contribution in [0.25, 0.3) is 0 Å². The Hall–Kier alpha value is -1.94.